The zero-order valence-electron chi connectivity index (χ0n) is 11.1. The SMILES string of the molecule is NC1=NC(=O)S/C1=C\c1ccc(-c2ccc([N+](=O)[O-])cc2)o1. The van der Waals surface area contributed by atoms with Crippen molar-refractivity contribution >= 4 is 34.6 Å². The van der Waals surface area contributed by atoms with Crippen molar-refractivity contribution in [1.29, 1.82) is 0 Å². The second-order valence-corrected chi connectivity index (χ2v) is 5.37. The summed E-state index contributed by atoms with van der Waals surface area (Å²) in [5, 5.41) is 10.3. The van der Waals surface area contributed by atoms with Crippen LogP contribution in [0.2, 0.25) is 0 Å². The maximum atomic E-state index is 11.1. The second kappa shape index (κ2) is 5.49. The number of nitro benzene ring substituents is 1. The summed E-state index contributed by atoms with van der Waals surface area (Å²) in [5.41, 5.74) is 6.35. The molecule has 2 aromatic rings. The number of non-ortho nitro benzene ring substituents is 1. The minimum atomic E-state index is -0.460. The molecular weight excluding hydrogens is 306 g/mol. The highest BCUT2D eigenvalue weighted by atomic mass is 32.2. The molecule has 3 rings (SSSR count). The summed E-state index contributed by atoms with van der Waals surface area (Å²) in [7, 11) is 0. The van der Waals surface area contributed by atoms with Gasteiger partial charge >= 0.3 is 5.24 Å². The van der Waals surface area contributed by atoms with E-state index in [0.29, 0.717) is 22.0 Å². The van der Waals surface area contributed by atoms with Gasteiger partial charge in [0.2, 0.25) is 0 Å². The van der Waals surface area contributed by atoms with Crippen LogP contribution in [-0.2, 0) is 0 Å². The lowest BCUT2D eigenvalue weighted by Crippen LogP contribution is -2.08. The maximum Gasteiger partial charge on any atom is 0.311 e. The molecule has 0 spiro atoms. The fraction of sp³-hybridized carbons (Fsp3) is 0. The summed E-state index contributed by atoms with van der Waals surface area (Å²) in [5.74, 6) is 1.25. The number of carbonyl (C=O) groups excluding carboxylic acids is 1. The normalized spacial score (nSPS) is 16.1. The lowest BCUT2D eigenvalue weighted by atomic mass is 10.1. The molecule has 2 N–H and O–H groups in total. The van der Waals surface area contributed by atoms with Crippen LogP contribution < -0.4 is 5.73 Å². The number of nitro groups is 1. The third kappa shape index (κ3) is 2.77. The van der Waals surface area contributed by atoms with Crippen molar-refractivity contribution in [3.63, 3.8) is 0 Å². The first-order valence-corrected chi connectivity index (χ1v) is 6.97. The predicted molar refractivity (Wildman–Crippen MR) is 83.4 cm³/mol. The third-order valence-corrected chi connectivity index (χ3v) is 3.74. The number of carbonyl (C=O) groups is 1. The molecule has 0 saturated heterocycles. The Hall–Kier alpha value is -2.87. The monoisotopic (exact) mass is 315 g/mol. The van der Waals surface area contributed by atoms with E-state index < -0.39 is 4.92 Å². The van der Waals surface area contributed by atoms with Gasteiger partial charge in [-0.25, -0.2) is 0 Å². The summed E-state index contributed by atoms with van der Waals surface area (Å²) in [6.45, 7) is 0. The Morgan fingerprint density at radius 1 is 1.23 bits per heavy atom. The van der Waals surface area contributed by atoms with Gasteiger partial charge in [-0.05, 0) is 42.1 Å². The third-order valence-electron chi connectivity index (χ3n) is 2.92. The Morgan fingerprint density at radius 2 is 1.95 bits per heavy atom. The molecular formula is C14H9N3O4S. The van der Waals surface area contributed by atoms with Crippen LogP contribution in [0.15, 0.2) is 50.7 Å². The van der Waals surface area contributed by atoms with E-state index in [1.165, 1.54) is 12.1 Å². The Morgan fingerprint density at radius 3 is 2.55 bits per heavy atom. The summed E-state index contributed by atoms with van der Waals surface area (Å²) in [4.78, 5) is 25.4. The molecule has 0 aliphatic carbocycles. The number of amides is 1. The topological polar surface area (TPSA) is 112 Å². The van der Waals surface area contributed by atoms with E-state index in [-0.39, 0.29) is 16.8 Å². The molecule has 1 amide bonds. The standard InChI is InChI=1S/C14H9N3O4S/c15-13-12(22-14(18)16-13)7-10-5-6-11(21-10)8-1-3-9(4-2-8)17(19)20/h1-7H,(H2,15,16,18)/b12-7-. The number of hydrogen-bond acceptors (Lipinski definition) is 6. The van der Waals surface area contributed by atoms with Crippen LogP contribution in [-0.4, -0.2) is 16.0 Å². The van der Waals surface area contributed by atoms with E-state index in [2.05, 4.69) is 4.99 Å². The average Bonchev–Trinajstić information content (AvgIpc) is 3.06. The van der Waals surface area contributed by atoms with E-state index in [4.69, 9.17) is 10.2 Å². The van der Waals surface area contributed by atoms with E-state index in [9.17, 15) is 14.9 Å². The fourth-order valence-electron chi connectivity index (χ4n) is 1.89. The Kier molecular flexibility index (Phi) is 3.51. The Bertz CT molecular complexity index is 821. The van der Waals surface area contributed by atoms with Crippen LogP contribution in [0.4, 0.5) is 10.5 Å². The summed E-state index contributed by atoms with van der Waals surface area (Å²) in [6, 6.07) is 9.50. The zero-order chi connectivity index (χ0) is 15.7. The van der Waals surface area contributed by atoms with Crippen molar-refractivity contribution in [1.82, 2.24) is 0 Å². The van der Waals surface area contributed by atoms with E-state index >= 15 is 0 Å². The van der Waals surface area contributed by atoms with Crippen molar-refractivity contribution in [3.05, 3.63) is 57.2 Å². The molecule has 0 fully saturated rings. The number of nitrogens with two attached hydrogens (primary N) is 1. The van der Waals surface area contributed by atoms with Crippen LogP contribution in [0.5, 0.6) is 0 Å². The number of furan rings is 1. The minimum Gasteiger partial charge on any atom is -0.457 e. The summed E-state index contributed by atoms with van der Waals surface area (Å²) >= 11 is 0.937. The number of benzene rings is 1. The van der Waals surface area contributed by atoms with Crippen molar-refractivity contribution in [3.8, 4) is 11.3 Å². The van der Waals surface area contributed by atoms with E-state index in [1.807, 2.05) is 0 Å². The van der Waals surface area contributed by atoms with Crippen molar-refractivity contribution in [2.24, 2.45) is 10.7 Å². The molecule has 0 atom stereocenters. The van der Waals surface area contributed by atoms with E-state index in [1.54, 1.807) is 30.3 Å². The van der Waals surface area contributed by atoms with Gasteiger partial charge in [-0.1, -0.05) is 0 Å². The van der Waals surface area contributed by atoms with Crippen LogP contribution in [0.1, 0.15) is 5.76 Å². The first-order chi connectivity index (χ1) is 10.5. The molecule has 8 heteroatoms. The molecule has 110 valence electrons. The highest BCUT2D eigenvalue weighted by molar-refractivity contribution is 8.18. The highest BCUT2D eigenvalue weighted by Crippen LogP contribution is 2.30. The van der Waals surface area contributed by atoms with Gasteiger partial charge in [-0.15, -0.1) is 0 Å². The van der Waals surface area contributed by atoms with E-state index in [0.717, 1.165) is 11.8 Å². The number of nitrogens with zero attached hydrogens (tertiary/aromatic N) is 2. The molecule has 1 aromatic carbocycles. The Labute approximate surface area is 128 Å². The van der Waals surface area contributed by atoms with Gasteiger partial charge in [0.25, 0.3) is 5.69 Å². The van der Waals surface area contributed by atoms with Gasteiger partial charge in [0.1, 0.15) is 17.4 Å². The average molecular weight is 315 g/mol. The molecule has 2 heterocycles. The zero-order valence-corrected chi connectivity index (χ0v) is 11.9. The molecule has 0 unspecified atom stereocenters. The molecule has 1 aliphatic heterocycles. The highest BCUT2D eigenvalue weighted by Gasteiger charge is 2.19. The number of thioether (sulfide) groups is 1. The van der Waals surface area contributed by atoms with Gasteiger partial charge in [0.05, 0.1) is 9.83 Å². The van der Waals surface area contributed by atoms with Gasteiger partial charge in [0.15, 0.2) is 0 Å². The quantitative estimate of drug-likeness (QED) is 0.686. The fourth-order valence-corrected chi connectivity index (χ4v) is 2.55. The minimum absolute atomic E-state index is 0.0162. The number of amidine groups is 1. The molecule has 22 heavy (non-hydrogen) atoms. The van der Waals surface area contributed by atoms with Gasteiger partial charge in [-0.3, -0.25) is 14.9 Å². The first kappa shape index (κ1) is 14.1. The van der Waals surface area contributed by atoms with Crippen LogP contribution in [0.25, 0.3) is 17.4 Å². The van der Waals surface area contributed by atoms with Crippen LogP contribution in [0, 0.1) is 10.1 Å². The molecule has 0 bridgehead atoms. The van der Waals surface area contributed by atoms with Gasteiger partial charge in [-0.2, -0.15) is 4.99 Å². The number of rotatable bonds is 3. The lowest BCUT2D eigenvalue weighted by molar-refractivity contribution is -0.384. The first-order valence-electron chi connectivity index (χ1n) is 6.15. The number of aliphatic imine (C=N–C) groups is 1. The predicted octanol–water partition coefficient (Wildman–Crippen LogP) is 3.42. The van der Waals surface area contributed by atoms with Crippen molar-refractivity contribution in [2.45, 2.75) is 0 Å². The summed E-state index contributed by atoms with van der Waals surface area (Å²) < 4.78 is 5.63. The second-order valence-electron chi connectivity index (χ2n) is 4.38. The molecule has 1 aliphatic rings. The molecule has 0 saturated carbocycles. The number of hydrogen-bond donors (Lipinski definition) is 1. The molecule has 7 nitrogen and oxygen atoms in total. The maximum absolute atomic E-state index is 11.1. The summed E-state index contributed by atoms with van der Waals surface area (Å²) in [6.07, 6.45) is 1.63. The molecule has 0 radical (unpaired) electrons. The van der Waals surface area contributed by atoms with Gasteiger partial charge in [0, 0.05) is 17.7 Å². The van der Waals surface area contributed by atoms with Crippen molar-refractivity contribution < 1.29 is 14.1 Å². The van der Waals surface area contributed by atoms with Crippen molar-refractivity contribution in [2.75, 3.05) is 0 Å². The molecule has 1 aromatic heterocycles. The lowest BCUT2D eigenvalue weighted by Gasteiger charge is -1.97. The Balaban J connectivity index is 1.85. The smallest absolute Gasteiger partial charge is 0.311 e. The largest absolute Gasteiger partial charge is 0.457 e. The van der Waals surface area contributed by atoms with Crippen LogP contribution >= 0.6 is 11.8 Å². The van der Waals surface area contributed by atoms with Gasteiger partial charge < -0.3 is 10.2 Å². The van der Waals surface area contributed by atoms with Crippen LogP contribution in [0.3, 0.4) is 0 Å².